The smallest absolute Gasteiger partial charge is 0.329 e. The van der Waals surface area contributed by atoms with Gasteiger partial charge in [0.1, 0.15) is 36.3 Å². The zero-order valence-electron chi connectivity index (χ0n) is 60.7. The molecule has 7 rings (SSSR count). The number of carbonyl (C=O) groups is 8. The third-order valence-electron chi connectivity index (χ3n) is 17.1. The van der Waals surface area contributed by atoms with E-state index in [9.17, 15) is 38.4 Å². The highest BCUT2D eigenvalue weighted by molar-refractivity contribution is 6.24. The number of carbonyl (C=O) groups excluding carboxylic acids is 8. The molecule has 0 aliphatic carbocycles. The van der Waals surface area contributed by atoms with Crippen LogP contribution in [0.25, 0.3) is 0 Å². The highest BCUT2D eigenvalue weighted by Gasteiger charge is 2.46. The number of Topliss-reactive ketones (excluding diaryl/α,β-unsaturated/α-hetero) is 1. The van der Waals surface area contributed by atoms with Crippen LogP contribution in [0.4, 0.5) is 0 Å². The number of hydrogen-bond acceptors (Lipinski definition) is 22. The summed E-state index contributed by atoms with van der Waals surface area (Å²) in [7, 11) is 4.81. The van der Waals surface area contributed by atoms with E-state index in [0.29, 0.717) is 168 Å². The zero-order chi connectivity index (χ0) is 73.4. The van der Waals surface area contributed by atoms with Gasteiger partial charge in [0.15, 0.2) is 23.9 Å². The van der Waals surface area contributed by atoms with E-state index in [0.717, 1.165) is 53.0 Å². The van der Waals surface area contributed by atoms with Crippen LogP contribution in [0.2, 0.25) is 0 Å². The molecular weight excluding hydrogens is 1320 g/mol. The van der Waals surface area contributed by atoms with Crippen molar-refractivity contribution in [1.29, 1.82) is 0 Å². The maximum absolute atomic E-state index is 14.4. The van der Waals surface area contributed by atoms with Gasteiger partial charge in [-0.3, -0.25) is 43.8 Å². The van der Waals surface area contributed by atoms with Crippen LogP contribution < -0.4 is 29.6 Å². The molecule has 0 bridgehead atoms. The van der Waals surface area contributed by atoms with Crippen LogP contribution in [0.5, 0.6) is 23.0 Å². The van der Waals surface area contributed by atoms with E-state index < -0.39 is 53.7 Å². The van der Waals surface area contributed by atoms with Crippen LogP contribution in [0.15, 0.2) is 72.8 Å². The van der Waals surface area contributed by atoms with E-state index in [-0.39, 0.29) is 67.0 Å². The van der Waals surface area contributed by atoms with Crippen molar-refractivity contribution in [2.45, 2.75) is 129 Å². The highest BCUT2D eigenvalue weighted by Crippen LogP contribution is 2.38. The van der Waals surface area contributed by atoms with Crippen molar-refractivity contribution < 1.29 is 105 Å². The second-order valence-corrected chi connectivity index (χ2v) is 24.6. The monoisotopic (exact) mass is 1430 g/mol. The van der Waals surface area contributed by atoms with Gasteiger partial charge in [0.05, 0.1) is 130 Å². The maximum Gasteiger partial charge on any atom is 0.329 e. The predicted octanol–water partition coefficient (Wildman–Crippen LogP) is 7.92. The number of benzene rings is 4. The lowest BCUT2D eigenvalue weighted by Gasteiger charge is -2.37. The molecular formula is C76H106N4O22. The number of amides is 6. The van der Waals surface area contributed by atoms with Gasteiger partial charge < -0.3 is 76.5 Å². The summed E-state index contributed by atoms with van der Waals surface area (Å²) < 4.78 is 77.4. The number of ether oxygens (including phenoxy) is 14. The third-order valence-corrected chi connectivity index (χ3v) is 17.1. The van der Waals surface area contributed by atoms with Gasteiger partial charge in [0.2, 0.25) is 17.7 Å². The van der Waals surface area contributed by atoms with Crippen LogP contribution in [-0.2, 0) is 82.6 Å². The summed E-state index contributed by atoms with van der Waals surface area (Å²) in [6.45, 7) is 18.6. The summed E-state index contributed by atoms with van der Waals surface area (Å²) in [6, 6.07) is 20.2. The first kappa shape index (κ1) is 83.0. The Bertz CT molecular complexity index is 3290. The summed E-state index contributed by atoms with van der Waals surface area (Å²) in [5.41, 5.74) is 6.05. The van der Waals surface area contributed by atoms with Crippen LogP contribution >= 0.6 is 0 Å². The van der Waals surface area contributed by atoms with Crippen LogP contribution in [0, 0.1) is 20.8 Å². The Hall–Kier alpha value is -7.92. The van der Waals surface area contributed by atoms with Gasteiger partial charge in [-0.2, -0.15) is 0 Å². The van der Waals surface area contributed by atoms with Gasteiger partial charge in [-0.15, -0.1) is 0 Å². The van der Waals surface area contributed by atoms with E-state index in [1.165, 1.54) is 23.3 Å². The molecule has 3 aliphatic rings. The Labute approximate surface area is 599 Å². The molecule has 102 heavy (non-hydrogen) atoms. The molecule has 2 fully saturated rings. The lowest BCUT2D eigenvalue weighted by atomic mass is 9.91. The third kappa shape index (κ3) is 27.4. The van der Waals surface area contributed by atoms with Crippen LogP contribution in [0.3, 0.4) is 0 Å². The number of ketones is 1. The van der Waals surface area contributed by atoms with Crippen molar-refractivity contribution in [3.8, 4) is 23.0 Å². The highest BCUT2D eigenvalue weighted by atomic mass is 16.6. The lowest BCUT2D eigenvalue weighted by molar-refractivity contribution is -0.162. The molecule has 26 nitrogen and oxygen atoms in total. The molecule has 4 aromatic carbocycles. The molecule has 0 aromatic heterocycles. The largest absolute Gasteiger partial charge is 0.493 e. The van der Waals surface area contributed by atoms with E-state index in [4.69, 9.17) is 66.3 Å². The summed E-state index contributed by atoms with van der Waals surface area (Å²) in [5, 5.41) is 4.97. The molecule has 4 aromatic rings. The first-order valence-corrected chi connectivity index (χ1v) is 35.4. The van der Waals surface area contributed by atoms with Crippen molar-refractivity contribution in [2.75, 3.05) is 160 Å². The van der Waals surface area contributed by atoms with E-state index >= 15 is 0 Å². The Morgan fingerprint density at radius 1 is 0.608 bits per heavy atom. The summed E-state index contributed by atoms with van der Waals surface area (Å²) in [5.74, 6) is -2.20. The fraction of sp³-hybridized carbons (Fsp3) is 0.579. The first-order valence-electron chi connectivity index (χ1n) is 35.4. The molecule has 562 valence electrons. The van der Waals surface area contributed by atoms with Crippen molar-refractivity contribution >= 4 is 47.2 Å². The van der Waals surface area contributed by atoms with E-state index in [1.807, 2.05) is 44.2 Å². The molecule has 4 atom stereocenters. The molecule has 2 unspecified atom stereocenters. The molecule has 2 N–H and O–H groups in total. The van der Waals surface area contributed by atoms with Crippen molar-refractivity contribution in [3.05, 3.63) is 117 Å². The van der Waals surface area contributed by atoms with Crippen LogP contribution in [-0.4, -0.2) is 229 Å². The summed E-state index contributed by atoms with van der Waals surface area (Å²) >= 11 is 0. The minimum Gasteiger partial charge on any atom is -0.493 e. The molecule has 6 amide bonds. The van der Waals surface area contributed by atoms with E-state index in [2.05, 4.69) is 49.6 Å². The summed E-state index contributed by atoms with van der Waals surface area (Å²) in [6.07, 6.45) is 4.98. The number of nitrogens with zero attached hydrogens (tertiary/aromatic N) is 2. The normalized spacial score (nSPS) is 15.6. The quantitative estimate of drug-likeness (QED) is 0.0241. The van der Waals surface area contributed by atoms with Crippen molar-refractivity contribution in [3.63, 3.8) is 0 Å². The number of esters is 1. The Balaban J connectivity index is 0.000000358. The minimum atomic E-state index is -1.07. The molecule has 0 radical (unpaired) electrons. The second kappa shape index (κ2) is 46.6. The van der Waals surface area contributed by atoms with Gasteiger partial charge in [-0.05, 0) is 142 Å². The van der Waals surface area contributed by atoms with Crippen LogP contribution in [0.1, 0.15) is 144 Å². The molecule has 0 spiro atoms. The second-order valence-electron chi connectivity index (χ2n) is 24.6. The predicted molar refractivity (Wildman–Crippen MR) is 376 cm³/mol. The van der Waals surface area contributed by atoms with Gasteiger partial charge in [-0.25, -0.2) is 4.79 Å². The number of fused-ring (bicyclic) bond motifs is 1. The Kier molecular flexibility index (Phi) is 38.0. The molecule has 3 heterocycles. The Morgan fingerprint density at radius 3 is 1.88 bits per heavy atom. The fourth-order valence-corrected chi connectivity index (χ4v) is 11.6. The number of nitrogens with one attached hydrogen (secondary N) is 2. The molecule has 2 saturated heterocycles. The standard InChI is InChI=1S/C49H70N2O12.C27H36N2O10/c1-8-42(40-31-37(4)47(57-7)45(33-40)56-6)48(53)51-20-10-9-14-43(51)49(54)63-44(18-17-38-16-15-35(2)36(3)30-38)39-12-11-13-41(32-39)62-34-46(52)50-19-21-58-24-25-60-28-29-61-27-26-59-23-22-55-5;1-2-10-35-12-14-37-16-17-38-15-13-36-11-4-5-19(30)18-39-22-7-3-6-20-24(22)27(34)29(26(20)33)21-8-9-23(31)28-25(21)32/h11-13,15-16,30-33,42-44H,8-10,14,17-29,34H2,1-7H3,(H,50,52);3,6-7,21H,2,4-5,8-18H2,1H3,(H,28,31,32)/t42-,43-,44?;/m0./s1. The van der Waals surface area contributed by atoms with Gasteiger partial charge >= 0.3 is 5.97 Å². The number of likely N-dealkylation sites (tertiary alicyclic amines) is 1. The number of piperidine rings is 2. The Morgan fingerprint density at radius 2 is 1.25 bits per heavy atom. The number of imide groups is 2. The maximum atomic E-state index is 14.4. The topological polar surface area (TPSA) is 296 Å². The molecule has 3 aliphatic heterocycles. The van der Waals surface area contributed by atoms with Crippen molar-refractivity contribution in [1.82, 2.24) is 20.4 Å². The zero-order valence-corrected chi connectivity index (χ0v) is 60.7. The van der Waals surface area contributed by atoms with Gasteiger partial charge in [-0.1, -0.05) is 56.3 Å². The SMILES string of the molecule is CCCOCCOCCOCCOCCCC(=O)COc1cccc2c1C(=O)N(C1CCC(=O)NC1=O)C2=O.CC[C@H](C(=O)N1CCCC[C@H]1C(=O)OC(CCc1ccc(C)c(C)c1)c1cccc(OCC(=O)NCCOCCOCCOCCOCCOC)c1)c1cc(C)c(OC)c(OC)c1. The number of aryl methyl sites for hydroxylation is 4. The first-order chi connectivity index (χ1) is 49.5. The fourth-order valence-electron chi connectivity index (χ4n) is 11.6. The summed E-state index contributed by atoms with van der Waals surface area (Å²) in [4.78, 5) is 106. The van der Waals surface area contributed by atoms with Crippen molar-refractivity contribution in [2.24, 2.45) is 0 Å². The minimum absolute atomic E-state index is 0.0126. The molecule has 26 heteroatoms. The molecule has 0 saturated carbocycles. The van der Waals surface area contributed by atoms with Gasteiger partial charge in [0, 0.05) is 46.3 Å². The average molecular weight is 1430 g/mol. The number of methoxy groups -OCH3 is 3. The van der Waals surface area contributed by atoms with Gasteiger partial charge in [0.25, 0.3) is 17.7 Å². The lowest BCUT2D eigenvalue weighted by Crippen LogP contribution is -2.54. The average Bonchev–Trinajstić information content (AvgIpc) is 1.59. The van der Waals surface area contributed by atoms with E-state index in [1.54, 1.807) is 38.4 Å². The number of rotatable bonds is 48. The number of hydrogen-bond donors (Lipinski definition) is 2.